The lowest BCUT2D eigenvalue weighted by atomic mass is 9.73. The van der Waals surface area contributed by atoms with E-state index in [0.717, 1.165) is 10.8 Å². The SMILES string of the molecule is CC[C@@]12C=CCOC(=O)[C@@H]1[C@H]1C(=O)N(CCO)C3C(=O)N(c4ccc5ccccc5c4)CC=C[C@@]31O2. The van der Waals surface area contributed by atoms with Crippen LogP contribution in [0, 0.1) is 11.8 Å². The van der Waals surface area contributed by atoms with Gasteiger partial charge >= 0.3 is 5.97 Å². The number of hydrogen-bond donors (Lipinski definition) is 1. The Kier molecular flexibility index (Phi) is 5.28. The molecule has 2 aromatic rings. The monoisotopic (exact) mass is 488 g/mol. The number of esters is 1. The summed E-state index contributed by atoms with van der Waals surface area (Å²) in [6, 6.07) is 12.7. The maximum Gasteiger partial charge on any atom is 0.313 e. The van der Waals surface area contributed by atoms with Crippen molar-refractivity contribution in [2.24, 2.45) is 11.8 Å². The second kappa shape index (κ2) is 8.28. The van der Waals surface area contributed by atoms with Crippen LogP contribution in [0.25, 0.3) is 10.8 Å². The van der Waals surface area contributed by atoms with Gasteiger partial charge in [-0.15, -0.1) is 0 Å². The van der Waals surface area contributed by atoms with E-state index < -0.39 is 35.0 Å². The summed E-state index contributed by atoms with van der Waals surface area (Å²) in [5.74, 6) is -3.00. The minimum atomic E-state index is -1.35. The number of aliphatic hydroxyl groups is 1. The second-order valence-corrected chi connectivity index (χ2v) is 9.79. The number of ether oxygens (including phenoxy) is 2. The number of anilines is 1. The number of hydrogen-bond acceptors (Lipinski definition) is 6. The highest BCUT2D eigenvalue weighted by Gasteiger charge is 2.75. The Labute approximate surface area is 208 Å². The van der Waals surface area contributed by atoms with E-state index in [9.17, 15) is 19.5 Å². The third-order valence-corrected chi connectivity index (χ3v) is 8.08. The number of β-amino-alcohol motifs (C(OH)–C–C–N with tert-alkyl or cyclic N) is 1. The van der Waals surface area contributed by atoms with Crippen LogP contribution in [0.2, 0.25) is 0 Å². The van der Waals surface area contributed by atoms with Gasteiger partial charge in [0, 0.05) is 18.8 Å². The van der Waals surface area contributed by atoms with Crippen LogP contribution in [0.15, 0.2) is 66.8 Å². The first kappa shape index (κ1) is 22.9. The smallest absolute Gasteiger partial charge is 0.313 e. The molecule has 8 heteroatoms. The molecule has 2 amide bonds. The van der Waals surface area contributed by atoms with Crippen molar-refractivity contribution in [3.63, 3.8) is 0 Å². The topological polar surface area (TPSA) is 96.4 Å². The van der Waals surface area contributed by atoms with Gasteiger partial charge in [0.2, 0.25) is 5.91 Å². The number of carbonyl (C=O) groups is 3. The molecule has 0 saturated carbocycles. The fraction of sp³-hybridized carbons (Fsp3) is 0.393. The van der Waals surface area contributed by atoms with Crippen LogP contribution >= 0.6 is 0 Å². The normalized spacial score (nSPS) is 33.3. The number of rotatable bonds is 4. The number of nitrogens with zero attached hydrogens (tertiary/aromatic N) is 2. The third kappa shape index (κ3) is 3.04. The molecule has 2 aromatic carbocycles. The summed E-state index contributed by atoms with van der Waals surface area (Å²) < 4.78 is 12.2. The van der Waals surface area contributed by atoms with E-state index in [4.69, 9.17) is 9.47 Å². The van der Waals surface area contributed by atoms with Gasteiger partial charge in [-0.05, 0) is 35.4 Å². The number of aliphatic hydroxyl groups excluding tert-OH is 1. The molecule has 8 nitrogen and oxygen atoms in total. The van der Waals surface area contributed by atoms with Crippen molar-refractivity contribution in [2.75, 3.05) is 31.2 Å². The highest BCUT2D eigenvalue weighted by molar-refractivity contribution is 6.06. The van der Waals surface area contributed by atoms with Gasteiger partial charge in [-0.2, -0.15) is 0 Å². The van der Waals surface area contributed by atoms with Crippen molar-refractivity contribution in [1.29, 1.82) is 0 Å². The van der Waals surface area contributed by atoms with Crippen LogP contribution in [-0.4, -0.2) is 71.3 Å². The van der Waals surface area contributed by atoms with Gasteiger partial charge in [-0.3, -0.25) is 14.4 Å². The molecule has 2 fully saturated rings. The summed E-state index contributed by atoms with van der Waals surface area (Å²) in [6.45, 7) is 1.96. The summed E-state index contributed by atoms with van der Waals surface area (Å²) in [5.41, 5.74) is -1.70. The Morgan fingerprint density at radius 3 is 2.58 bits per heavy atom. The van der Waals surface area contributed by atoms with Crippen molar-refractivity contribution in [2.45, 2.75) is 30.6 Å². The molecular formula is C28H28N2O6. The molecule has 6 rings (SSSR count). The van der Waals surface area contributed by atoms with Crippen molar-refractivity contribution in [3.05, 3.63) is 66.8 Å². The predicted molar refractivity (Wildman–Crippen MR) is 132 cm³/mol. The maximum atomic E-state index is 14.3. The summed E-state index contributed by atoms with van der Waals surface area (Å²) in [4.78, 5) is 44.4. The number of cyclic esters (lactones) is 1. The van der Waals surface area contributed by atoms with E-state index in [0.29, 0.717) is 12.1 Å². The first-order valence-electron chi connectivity index (χ1n) is 12.4. The molecule has 2 saturated heterocycles. The zero-order valence-corrected chi connectivity index (χ0v) is 20.0. The molecule has 4 aliphatic rings. The van der Waals surface area contributed by atoms with Crippen LogP contribution in [0.4, 0.5) is 5.69 Å². The minimum Gasteiger partial charge on any atom is -0.461 e. The lowest BCUT2D eigenvalue weighted by Gasteiger charge is -2.38. The molecule has 1 unspecified atom stereocenters. The molecule has 5 atom stereocenters. The second-order valence-electron chi connectivity index (χ2n) is 9.79. The zero-order valence-electron chi connectivity index (χ0n) is 20.0. The largest absolute Gasteiger partial charge is 0.461 e. The Bertz CT molecular complexity index is 1320. The third-order valence-electron chi connectivity index (χ3n) is 8.08. The quantitative estimate of drug-likeness (QED) is 0.524. The molecule has 0 bridgehead atoms. The fourth-order valence-electron chi connectivity index (χ4n) is 6.52. The first-order valence-corrected chi connectivity index (χ1v) is 12.4. The number of amides is 2. The highest BCUT2D eigenvalue weighted by atomic mass is 16.6. The lowest BCUT2D eigenvalue weighted by molar-refractivity contribution is -0.157. The molecule has 4 heterocycles. The Balaban J connectivity index is 1.49. The number of likely N-dealkylation sites (tertiary alicyclic amines) is 1. The Morgan fingerprint density at radius 2 is 1.81 bits per heavy atom. The summed E-state index contributed by atoms with van der Waals surface area (Å²) in [6.07, 6.45) is 7.65. The van der Waals surface area contributed by atoms with E-state index in [1.165, 1.54) is 4.90 Å². The molecule has 36 heavy (non-hydrogen) atoms. The number of benzene rings is 2. The molecule has 186 valence electrons. The molecule has 0 radical (unpaired) electrons. The van der Waals surface area contributed by atoms with Gasteiger partial charge in [0.1, 0.15) is 29.8 Å². The van der Waals surface area contributed by atoms with Crippen LogP contribution in [0.1, 0.15) is 13.3 Å². The summed E-state index contributed by atoms with van der Waals surface area (Å²) in [7, 11) is 0. The number of fused-ring (bicyclic) bond motifs is 3. The summed E-state index contributed by atoms with van der Waals surface area (Å²) >= 11 is 0. The van der Waals surface area contributed by atoms with Crippen molar-refractivity contribution >= 4 is 34.2 Å². The first-order chi connectivity index (χ1) is 17.5. The van der Waals surface area contributed by atoms with E-state index in [1.807, 2.05) is 61.5 Å². The minimum absolute atomic E-state index is 0.0347. The molecule has 4 aliphatic heterocycles. The van der Waals surface area contributed by atoms with Crippen molar-refractivity contribution < 1.29 is 29.0 Å². The molecule has 1 spiro atoms. The lowest BCUT2D eigenvalue weighted by Crippen LogP contribution is -2.56. The maximum absolute atomic E-state index is 14.3. The average Bonchev–Trinajstić information content (AvgIpc) is 3.15. The van der Waals surface area contributed by atoms with E-state index in [1.54, 1.807) is 17.1 Å². The average molecular weight is 489 g/mol. The highest BCUT2D eigenvalue weighted by Crippen LogP contribution is 2.58. The van der Waals surface area contributed by atoms with Crippen LogP contribution in [0.3, 0.4) is 0 Å². The van der Waals surface area contributed by atoms with E-state index >= 15 is 0 Å². The van der Waals surface area contributed by atoms with Gasteiger partial charge in [-0.1, -0.05) is 55.5 Å². The molecular weight excluding hydrogens is 460 g/mol. The zero-order chi connectivity index (χ0) is 25.1. The van der Waals surface area contributed by atoms with Crippen LogP contribution < -0.4 is 4.90 Å². The van der Waals surface area contributed by atoms with Gasteiger partial charge in [0.05, 0.1) is 12.5 Å². The standard InChI is InChI=1S/C28H28N2O6/c1-2-27-11-6-16-35-26(34)22(27)21-24(32)30(14-15-31)23-25(33)29(13-5-12-28(21,23)36-27)20-10-9-18-7-3-4-8-19(18)17-20/h3-12,17,21-23,31H,2,13-16H2,1H3/t21-,22-,23?,27+,28-/m0/s1. The molecule has 0 aliphatic carbocycles. The van der Waals surface area contributed by atoms with Crippen molar-refractivity contribution in [1.82, 2.24) is 4.90 Å². The number of carbonyl (C=O) groups excluding carboxylic acids is 3. The predicted octanol–water partition coefficient (Wildman–Crippen LogP) is 2.21. The van der Waals surface area contributed by atoms with Gasteiger partial charge in [-0.25, -0.2) is 0 Å². The van der Waals surface area contributed by atoms with Crippen LogP contribution in [-0.2, 0) is 23.9 Å². The molecule has 1 N–H and O–H groups in total. The van der Waals surface area contributed by atoms with Crippen molar-refractivity contribution in [3.8, 4) is 0 Å². The Morgan fingerprint density at radius 1 is 1.00 bits per heavy atom. The van der Waals surface area contributed by atoms with E-state index in [-0.39, 0.29) is 38.1 Å². The van der Waals surface area contributed by atoms with Crippen LogP contribution in [0.5, 0.6) is 0 Å². The Hall–Kier alpha value is -3.49. The molecule has 0 aromatic heterocycles. The van der Waals surface area contributed by atoms with Gasteiger partial charge in [0.25, 0.3) is 5.91 Å². The fourth-order valence-corrected chi connectivity index (χ4v) is 6.52. The van der Waals surface area contributed by atoms with Gasteiger partial charge < -0.3 is 24.4 Å². The summed E-state index contributed by atoms with van der Waals surface area (Å²) in [5, 5.41) is 11.9. The van der Waals surface area contributed by atoms with Gasteiger partial charge in [0.15, 0.2) is 0 Å². The van der Waals surface area contributed by atoms with E-state index in [2.05, 4.69) is 0 Å².